The van der Waals surface area contributed by atoms with Crippen molar-refractivity contribution in [1.29, 1.82) is 0 Å². The average Bonchev–Trinajstić information content (AvgIpc) is 2.80. The van der Waals surface area contributed by atoms with Crippen LogP contribution in [0.5, 0.6) is 11.5 Å². The van der Waals surface area contributed by atoms with Gasteiger partial charge in [-0.15, -0.1) is 0 Å². The third-order valence-corrected chi connectivity index (χ3v) is 5.80. The maximum Gasteiger partial charge on any atom is 0.127 e. The number of benzene rings is 3. The molecular weight excluding hydrogens is 374 g/mol. The molecule has 30 heavy (non-hydrogen) atoms. The van der Waals surface area contributed by atoms with E-state index >= 15 is 0 Å². The van der Waals surface area contributed by atoms with Crippen LogP contribution in [-0.4, -0.2) is 28.2 Å². The van der Waals surface area contributed by atoms with Crippen molar-refractivity contribution in [2.75, 3.05) is 13.1 Å². The summed E-state index contributed by atoms with van der Waals surface area (Å²) in [7, 11) is 0. The van der Waals surface area contributed by atoms with E-state index in [9.17, 15) is 10.2 Å². The molecule has 0 saturated carbocycles. The van der Waals surface area contributed by atoms with Crippen molar-refractivity contribution in [3.8, 4) is 11.5 Å². The van der Waals surface area contributed by atoms with E-state index in [4.69, 9.17) is 4.74 Å². The monoisotopic (exact) mass is 401 g/mol. The number of piperidine rings is 1. The Bertz CT molecular complexity index is 962. The summed E-state index contributed by atoms with van der Waals surface area (Å²) in [5.74, 6) is 1.49. The fraction of sp³-hybridized carbons (Fsp3) is 0.231. The summed E-state index contributed by atoms with van der Waals surface area (Å²) in [6.45, 7) is 5.43. The summed E-state index contributed by atoms with van der Waals surface area (Å²) in [5, 5.41) is 21.8. The van der Waals surface area contributed by atoms with Crippen LogP contribution in [0.2, 0.25) is 0 Å². The molecule has 1 aliphatic heterocycles. The highest BCUT2D eigenvalue weighted by Crippen LogP contribution is 2.36. The zero-order valence-corrected chi connectivity index (χ0v) is 16.9. The molecule has 0 radical (unpaired) electrons. The fourth-order valence-electron chi connectivity index (χ4n) is 3.91. The first-order valence-corrected chi connectivity index (χ1v) is 10.3. The Labute approximate surface area is 177 Å². The second-order valence-corrected chi connectivity index (χ2v) is 7.76. The molecule has 4 nitrogen and oxygen atoms in total. The number of nitrogens with zero attached hydrogens (tertiary/aromatic N) is 1. The lowest BCUT2D eigenvalue weighted by Gasteiger charge is -2.41. The standard InChI is InChI=1S/C26H27NO3/c1-20(27-18-16-26(29,17-19-27)22-8-4-2-5-9-22)25(28)21-12-14-24(15-13-21)30-23-10-6-3-7-11-23/h2-15,25,28-29H,1,16-19H2/t25-/m1/s1. The summed E-state index contributed by atoms with van der Waals surface area (Å²) < 4.78 is 5.81. The van der Waals surface area contributed by atoms with Crippen molar-refractivity contribution in [3.63, 3.8) is 0 Å². The molecule has 1 fully saturated rings. The van der Waals surface area contributed by atoms with Crippen LogP contribution >= 0.6 is 0 Å². The Morgan fingerprint density at radius 3 is 1.97 bits per heavy atom. The molecule has 0 bridgehead atoms. The zero-order chi connectivity index (χ0) is 21.0. The van der Waals surface area contributed by atoms with Crippen molar-refractivity contribution >= 4 is 0 Å². The molecular formula is C26H27NO3. The Kier molecular flexibility index (Phi) is 5.88. The van der Waals surface area contributed by atoms with E-state index < -0.39 is 11.7 Å². The van der Waals surface area contributed by atoms with Crippen LogP contribution in [0.4, 0.5) is 0 Å². The number of hydrogen-bond acceptors (Lipinski definition) is 4. The highest BCUT2D eigenvalue weighted by atomic mass is 16.5. The normalized spacial score (nSPS) is 16.7. The van der Waals surface area contributed by atoms with Crippen molar-refractivity contribution < 1.29 is 14.9 Å². The van der Waals surface area contributed by atoms with Gasteiger partial charge >= 0.3 is 0 Å². The van der Waals surface area contributed by atoms with Gasteiger partial charge in [-0.1, -0.05) is 67.2 Å². The van der Waals surface area contributed by atoms with Crippen molar-refractivity contribution in [2.24, 2.45) is 0 Å². The Balaban J connectivity index is 1.37. The van der Waals surface area contributed by atoms with Gasteiger partial charge in [-0.2, -0.15) is 0 Å². The summed E-state index contributed by atoms with van der Waals surface area (Å²) in [6.07, 6.45) is 0.415. The maximum atomic E-state index is 11.0. The van der Waals surface area contributed by atoms with Crippen molar-refractivity contribution in [2.45, 2.75) is 24.5 Å². The topological polar surface area (TPSA) is 52.9 Å². The first-order chi connectivity index (χ1) is 14.5. The Morgan fingerprint density at radius 1 is 0.833 bits per heavy atom. The SMILES string of the molecule is C=C([C@@H](O)c1ccc(Oc2ccccc2)cc1)N1CCC(O)(c2ccccc2)CC1. The van der Waals surface area contributed by atoms with E-state index in [0.717, 1.165) is 16.9 Å². The van der Waals surface area contributed by atoms with Gasteiger partial charge in [0.1, 0.15) is 17.6 Å². The Hall–Kier alpha value is -3.08. The molecule has 0 unspecified atom stereocenters. The van der Waals surface area contributed by atoms with E-state index in [1.54, 1.807) is 0 Å². The fourth-order valence-corrected chi connectivity index (χ4v) is 3.91. The number of ether oxygens (including phenoxy) is 1. The molecule has 0 amide bonds. The smallest absolute Gasteiger partial charge is 0.127 e. The van der Waals surface area contributed by atoms with Gasteiger partial charge in [-0.3, -0.25) is 0 Å². The molecule has 0 spiro atoms. The third kappa shape index (κ3) is 4.40. The van der Waals surface area contributed by atoms with Gasteiger partial charge in [-0.05, 0) is 48.2 Å². The number of aliphatic hydroxyl groups excluding tert-OH is 1. The molecule has 4 rings (SSSR count). The lowest BCUT2D eigenvalue weighted by atomic mass is 9.84. The summed E-state index contributed by atoms with van der Waals surface area (Å²) in [5.41, 5.74) is 1.55. The van der Waals surface area contributed by atoms with Crippen LogP contribution in [0.1, 0.15) is 30.1 Å². The third-order valence-electron chi connectivity index (χ3n) is 5.80. The number of para-hydroxylation sites is 1. The first-order valence-electron chi connectivity index (χ1n) is 10.3. The van der Waals surface area contributed by atoms with Gasteiger partial charge in [0.2, 0.25) is 0 Å². The molecule has 3 aromatic rings. The predicted octanol–water partition coefficient (Wildman–Crippen LogP) is 5.01. The van der Waals surface area contributed by atoms with E-state index in [1.807, 2.05) is 84.9 Å². The summed E-state index contributed by atoms with van der Waals surface area (Å²) >= 11 is 0. The van der Waals surface area contributed by atoms with Crippen molar-refractivity contribution in [1.82, 2.24) is 4.90 Å². The second-order valence-electron chi connectivity index (χ2n) is 7.76. The zero-order valence-electron chi connectivity index (χ0n) is 16.9. The number of hydrogen-bond donors (Lipinski definition) is 2. The highest BCUT2D eigenvalue weighted by Gasteiger charge is 2.35. The largest absolute Gasteiger partial charge is 0.457 e. The van der Waals surface area contributed by atoms with Gasteiger partial charge < -0.3 is 19.8 Å². The minimum atomic E-state index is -0.820. The van der Waals surface area contributed by atoms with E-state index in [1.165, 1.54) is 0 Å². The molecule has 1 atom stereocenters. The lowest BCUT2D eigenvalue weighted by molar-refractivity contribution is -0.0233. The van der Waals surface area contributed by atoms with Gasteiger partial charge in [0.25, 0.3) is 0 Å². The quantitative estimate of drug-likeness (QED) is 0.610. The van der Waals surface area contributed by atoms with Crippen LogP contribution in [-0.2, 0) is 5.60 Å². The average molecular weight is 402 g/mol. The number of aliphatic hydroxyl groups is 2. The predicted molar refractivity (Wildman–Crippen MR) is 118 cm³/mol. The van der Waals surface area contributed by atoms with Crippen LogP contribution in [0, 0.1) is 0 Å². The van der Waals surface area contributed by atoms with Crippen molar-refractivity contribution in [3.05, 3.63) is 108 Å². The number of likely N-dealkylation sites (tertiary alicyclic amines) is 1. The van der Waals surface area contributed by atoms with Crippen LogP contribution in [0.25, 0.3) is 0 Å². The highest BCUT2D eigenvalue weighted by molar-refractivity contribution is 5.35. The van der Waals surface area contributed by atoms with Gasteiger partial charge in [0, 0.05) is 18.8 Å². The number of rotatable bonds is 6. The maximum absolute atomic E-state index is 11.0. The summed E-state index contributed by atoms with van der Waals surface area (Å²) in [4.78, 5) is 2.07. The van der Waals surface area contributed by atoms with Crippen LogP contribution in [0.15, 0.2) is 97.2 Å². The minimum absolute atomic E-state index is 0.604. The molecule has 1 saturated heterocycles. The molecule has 154 valence electrons. The summed E-state index contributed by atoms with van der Waals surface area (Å²) in [6, 6.07) is 26.8. The molecule has 3 aromatic carbocycles. The van der Waals surface area contributed by atoms with E-state index in [2.05, 4.69) is 11.5 Å². The van der Waals surface area contributed by atoms with E-state index in [0.29, 0.717) is 37.4 Å². The van der Waals surface area contributed by atoms with E-state index in [-0.39, 0.29) is 0 Å². The molecule has 1 heterocycles. The first kappa shape index (κ1) is 20.2. The van der Waals surface area contributed by atoms with Crippen LogP contribution in [0.3, 0.4) is 0 Å². The lowest BCUT2D eigenvalue weighted by Crippen LogP contribution is -2.42. The molecule has 4 heteroatoms. The second kappa shape index (κ2) is 8.74. The molecule has 0 aliphatic carbocycles. The Morgan fingerprint density at radius 2 is 1.37 bits per heavy atom. The van der Waals surface area contributed by atoms with Gasteiger partial charge in [-0.25, -0.2) is 0 Å². The molecule has 2 N–H and O–H groups in total. The van der Waals surface area contributed by atoms with Gasteiger partial charge in [0.05, 0.1) is 5.60 Å². The molecule has 1 aliphatic rings. The van der Waals surface area contributed by atoms with Crippen LogP contribution < -0.4 is 4.74 Å². The van der Waals surface area contributed by atoms with Gasteiger partial charge in [0.15, 0.2) is 0 Å². The minimum Gasteiger partial charge on any atom is -0.457 e. The molecule has 0 aromatic heterocycles.